The molecule has 0 spiro atoms. The lowest BCUT2D eigenvalue weighted by molar-refractivity contribution is -0.386. The average Bonchev–Trinajstić information content (AvgIpc) is 2.93. The highest BCUT2D eigenvalue weighted by Crippen LogP contribution is 2.26. The lowest BCUT2D eigenvalue weighted by Crippen LogP contribution is -2.05. The summed E-state index contributed by atoms with van der Waals surface area (Å²) in [5.41, 5.74) is 6.90. The summed E-state index contributed by atoms with van der Waals surface area (Å²) >= 11 is 1.37. The molecule has 0 saturated heterocycles. The van der Waals surface area contributed by atoms with E-state index >= 15 is 0 Å². The maximum absolute atomic E-state index is 11.2. The summed E-state index contributed by atoms with van der Waals surface area (Å²) in [7, 11) is 0. The van der Waals surface area contributed by atoms with Crippen LogP contribution in [0.25, 0.3) is 0 Å². The fourth-order valence-electron chi connectivity index (χ4n) is 2.02. The summed E-state index contributed by atoms with van der Waals surface area (Å²) in [5.74, 6) is 0. The quantitative estimate of drug-likeness (QED) is 0.667. The molecule has 0 amide bonds. The van der Waals surface area contributed by atoms with E-state index in [0.717, 1.165) is 4.88 Å². The fraction of sp³-hybridized carbons (Fsp3) is 0.455. The molecular formula is C11H15N5O2S. The SMILES string of the molecule is CCc1nn(Cc2cnc(N)s2)c(CC)c1[N+](=O)[O-]. The van der Waals surface area contributed by atoms with Crippen molar-refractivity contribution >= 4 is 22.2 Å². The van der Waals surface area contributed by atoms with Crippen LogP contribution in [0.3, 0.4) is 0 Å². The Labute approximate surface area is 114 Å². The number of nitrogen functional groups attached to an aromatic ring is 1. The second-order valence-corrected chi connectivity index (χ2v) is 5.18. The zero-order chi connectivity index (χ0) is 14.0. The first-order valence-corrected chi connectivity index (χ1v) is 6.81. The van der Waals surface area contributed by atoms with E-state index < -0.39 is 0 Å². The van der Waals surface area contributed by atoms with Crippen molar-refractivity contribution in [2.75, 3.05) is 5.73 Å². The number of nitro groups is 1. The van der Waals surface area contributed by atoms with E-state index in [2.05, 4.69) is 10.1 Å². The molecule has 2 aromatic rings. The Hall–Kier alpha value is -1.96. The van der Waals surface area contributed by atoms with Crippen LogP contribution in [0.5, 0.6) is 0 Å². The molecule has 0 radical (unpaired) electrons. The van der Waals surface area contributed by atoms with Crippen molar-refractivity contribution < 1.29 is 4.92 Å². The van der Waals surface area contributed by atoms with Gasteiger partial charge in [-0.25, -0.2) is 4.98 Å². The zero-order valence-electron chi connectivity index (χ0n) is 10.8. The van der Waals surface area contributed by atoms with Gasteiger partial charge in [0, 0.05) is 11.1 Å². The van der Waals surface area contributed by atoms with Crippen LogP contribution in [-0.4, -0.2) is 19.7 Å². The molecule has 0 bridgehead atoms. The highest BCUT2D eigenvalue weighted by Gasteiger charge is 2.25. The second-order valence-electron chi connectivity index (χ2n) is 4.03. The highest BCUT2D eigenvalue weighted by molar-refractivity contribution is 7.15. The summed E-state index contributed by atoms with van der Waals surface area (Å²) in [6, 6.07) is 0. The first kappa shape index (κ1) is 13.5. The van der Waals surface area contributed by atoms with E-state index in [1.54, 1.807) is 10.9 Å². The Kier molecular flexibility index (Phi) is 3.79. The Morgan fingerprint density at radius 2 is 2.21 bits per heavy atom. The summed E-state index contributed by atoms with van der Waals surface area (Å²) in [6.45, 7) is 4.23. The summed E-state index contributed by atoms with van der Waals surface area (Å²) in [4.78, 5) is 15.7. The van der Waals surface area contributed by atoms with Crippen LogP contribution < -0.4 is 5.73 Å². The molecule has 0 aliphatic heterocycles. The molecule has 8 heteroatoms. The van der Waals surface area contributed by atoms with Crippen molar-refractivity contribution in [3.05, 3.63) is 32.6 Å². The summed E-state index contributed by atoms with van der Waals surface area (Å²) < 4.78 is 1.68. The number of nitrogens with two attached hydrogens (primary N) is 1. The molecule has 0 atom stereocenters. The van der Waals surface area contributed by atoms with Crippen molar-refractivity contribution in [2.24, 2.45) is 0 Å². The van der Waals surface area contributed by atoms with E-state index in [9.17, 15) is 10.1 Å². The van der Waals surface area contributed by atoms with Gasteiger partial charge in [0.1, 0.15) is 11.4 Å². The number of hydrogen-bond acceptors (Lipinski definition) is 6. The van der Waals surface area contributed by atoms with Gasteiger partial charge in [-0.3, -0.25) is 14.8 Å². The first-order chi connectivity index (χ1) is 9.06. The predicted molar refractivity (Wildman–Crippen MR) is 73.3 cm³/mol. The Morgan fingerprint density at radius 3 is 2.68 bits per heavy atom. The second kappa shape index (κ2) is 5.35. The largest absolute Gasteiger partial charge is 0.375 e. The number of aryl methyl sites for hydroxylation is 1. The summed E-state index contributed by atoms with van der Waals surface area (Å²) in [5, 5.41) is 16.0. The van der Waals surface area contributed by atoms with Crippen LogP contribution >= 0.6 is 11.3 Å². The number of aromatic nitrogens is 3. The lowest BCUT2D eigenvalue weighted by atomic mass is 10.2. The number of rotatable bonds is 5. The van der Waals surface area contributed by atoms with E-state index in [0.29, 0.717) is 35.9 Å². The van der Waals surface area contributed by atoms with E-state index in [-0.39, 0.29) is 10.6 Å². The fourth-order valence-corrected chi connectivity index (χ4v) is 2.68. The Morgan fingerprint density at radius 1 is 1.47 bits per heavy atom. The maximum Gasteiger partial charge on any atom is 0.313 e. The van der Waals surface area contributed by atoms with E-state index in [1.165, 1.54) is 11.3 Å². The predicted octanol–water partition coefficient (Wildman–Crippen LogP) is 2.00. The van der Waals surface area contributed by atoms with Gasteiger partial charge in [0.2, 0.25) is 0 Å². The van der Waals surface area contributed by atoms with Gasteiger partial charge in [-0.15, -0.1) is 11.3 Å². The molecular weight excluding hydrogens is 266 g/mol. The number of anilines is 1. The minimum atomic E-state index is -0.345. The monoisotopic (exact) mass is 281 g/mol. The first-order valence-electron chi connectivity index (χ1n) is 5.99. The van der Waals surface area contributed by atoms with Crippen molar-refractivity contribution in [3.63, 3.8) is 0 Å². The third kappa shape index (κ3) is 2.58. The van der Waals surface area contributed by atoms with Crippen LogP contribution in [0.2, 0.25) is 0 Å². The number of nitrogens with zero attached hydrogens (tertiary/aromatic N) is 4. The Balaban J connectivity index is 2.42. The van der Waals surface area contributed by atoms with Gasteiger partial charge in [0.25, 0.3) is 0 Å². The third-order valence-electron chi connectivity index (χ3n) is 2.83. The van der Waals surface area contributed by atoms with E-state index in [1.807, 2.05) is 13.8 Å². The molecule has 102 valence electrons. The number of thiazole rings is 1. The van der Waals surface area contributed by atoms with Gasteiger partial charge in [-0.05, 0) is 12.8 Å². The highest BCUT2D eigenvalue weighted by atomic mass is 32.1. The molecule has 19 heavy (non-hydrogen) atoms. The van der Waals surface area contributed by atoms with Crippen molar-refractivity contribution in [1.29, 1.82) is 0 Å². The molecule has 0 aliphatic rings. The smallest absolute Gasteiger partial charge is 0.313 e. The topological polar surface area (TPSA) is 99.9 Å². The standard InChI is InChI=1S/C11H15N5O2S/c1-3-8-10(16(17)18)9(4-2)15(14-8)6-7-5-13-11(12)19-7/h5H,3-4,6H2,1-2H3,(H2,12,13). The van der Waals surface area contributed by atoms with Crippen molar-refractivity contribution in [1.82, 2.24) is 14.8 Å². The van der Waals surface area contributed by atoms with Gasteiger partial charge in [0.05, 0.1) is 11.5 Å². The molecule has 7 nitrogen and oxygen atoms in total. The molecule has 0 aliphatic carbocycles. The van der Waals surface area contributed by atoms with Gasteiger partial charge >= 0.3 is 5.69 Å². The molecule has 2 N–H and O–H groups in total. The minimum Gasteiger partial charge on any atom is -0.375 e. The van der Waals surface area contributed by atoms with Crippen LogP contribution in [0.4, 0.5) is 10.8 Å². The van der Waals surface area contributed by atoms with E-state index in [4.69, 9.17) is 5.73 Å². The van der Waals surface area contributed by atoms with Crippen LogP contribution in [0, 0.1) is 10.1 Å². The molecule has 0 saturated carbocycles. The van der Waals surface area contributed by atoms with Crippen LogP contribution in [0.15, 0.2) is 6.20 Å². The lowest BCUT2D eigenvalue weighted by Gasteiger charge is -2.02. The molecule has 0 aromatic carbocycles. The maximum atomic E-state index is 11.2. The molecule has 2 heterocycles. The zero-order valence-corrected chi connectivity index (χ0v) is 11.6. The minimum absolute atomic E-state index is 0.141. The van der Waals surface area contributed by atoms with Crippen molar-refractivity contribution in [3.8, 4) is 0 Å². The molecule has 2 aromatic heterocycles. The third-order valence-corrected chi connectivity index (χ3v) is 3.64. The van der Waals surface area contributed by atoms with Gasteiger partial charge in [-0.1, -0.05) is 13.8 Å². The number of hydrogen-bond donors (Lipinski definition) is 1. The molecule has 0 fully saturated rings. The van der Waals surface area contributed by atoms with Gasteiger partial charge in [-0.2, -0.15) is 5.10 Å². The average molecular weight is 281 g/mol. The van der Waals surface area contributed by atoms with Gasteiger partial charge in [0.15, 0.2) is 5.13 Å². The molecule has 2 rings (SSSR count). The normalized spacial score (nSPS) is 10.8. The van der Waals surface area contributed by atoms with Crippen LogP contribution in [-0.2, 0) is 19.4 Å². The summed E-state index contributed by atoms with van der Waals surface area (Å²) in [6.07, 6.45) is 2.79. The molecule has 0 unspecified atom stereocenters. The Bertz CT molecular complexity index is 604. The van der Waals surface area contributed by atoms with Crippen molar-refractivity contribution in [2.45, 2.75) is 33.2 Å². The van der Waals surface area contributed by atoms with Crippen LogP contribution in [0.1, 0.15) is 30.1 Å². The van der Waals surface area contributed by atoms with Gasteiger partial charge < -0.3 is 5.73 Å².